The normalized spacial score (nSPS) is 19.1. The van der Waals surface area contributed by atoms with Crippen molar-refractivity contribution in [3.05, 3.63) is 187 Å². The van der Waals surface area contributed by atoms with Crippen LogP contribution in [0.15, 0.2) is 170 Å². The molecule has 8 aromatic rings. The molecule has 7 aromatic carbocycles. The molecule has 0 spiro atoms. The Labute approximate surface area is 355 Å². The van der Waals surface area contributed by atoms with Gasteiger partial charge in [-0.2, -0.15) is 0 Å². The lowest BCUT2D eigenvalue weighted by Gasteiger charge is -2.30. The second-order valence-corrected chi connectivity index (χ2v) is 16.7. The Morgan fingerprint density at radius 2 is 1.02 bits per heavy atom. The van der Waals surface area contributed by atoms with Crippen LogP contribution in [0.1, 0.15) is 41.9 Å². The number of allylic oxidation sites excluding steroid dienone is 2. The first-order valence-corrected chi connectivity index (χ1v) is 21.3. The molecule has 1 saturated carbocycles. The number of nitrogens with zero attached hydrogens (tertiary/aromatic N) is 2. The molecule has 1 aliphatic heterocycles. The zero-order valence-electron chi connectivity index (χ0n) is 34.2. The van der Waals surface area contributed by atoms with Crippen molar-refractivity contribution in [2.45, 2.75) is 57.3 Å². The molecule has 2 heterocycles. The molecule has 1 unspecified atom stereocenters. The van der Waals surface area contributed by atoms with E-state index in [0.717, 1.165) is 85.9 Å². The van der Waals surface area contributed by atoms with Crippen molar-refractivity contribution in [1.29, 1.82) is 0 Å². The highest BCUT2D eigenvalue weighted by molar-refractivity contribution is 6.09. The maximum atomic E-state index is 12.3. The summed E-state index contributed by atoms with van der Waals surface area (Å²) in [5, 5.41) is 26.8. The van der Waals surface area contributed by atoms with Crippen LogP contribution in [0, 0.1) is 13.8 Å². The summed E-state index contributed by atoms with van der Waals surface area (Å²) < 4.78 is 16.1. The summed E-state index contributed by atoms with van der Waals surface area (Å²) in [6.07, 6.45) is 10.8. The van der Waals surface area contributed by atoms with Crippen LogP contribution < -0.4 is 14.4 Å². The van der Waals surface area contributed by atoms with Crippen LogP contribution >= 0.6 is 0 Å². The van der Waals surface area contributed by atoms with Crippen molar-refractivity contribution < 1.29 is 19.7 Å². The van der Waals surface area contributed by atoms with Crippen molar-refractivity contribution in [3.63, 3.8) is 0 Å². The molecule has 2 N–H and O–H groups in total. The first-order valence-electron chi connectivity index (χ1n) is 21.3. The molecule has 4 atom stereocenters. The molecule has 6 heteroatoms. The van der Waals surface area contributed by atoms with Crippen molar-refractivity contribution >= 4 is 33.2 Å². The maximum absolute atomic E-state index is 12.3. The van der Waals surface area contributed by atoms with Gasteiger partial charge in [0.25, 0.3) is 0 Å². The number of aromatic nitrogens is 1. The van der Waals surface area contributed by atoms with Crippen molar-refractivity contribution in [1.82, 2.24) is 4.57 Å². The lowest BCUT2D eigenvalue weighted by Crippen LogP contribution is -2.31. The average Bonchev–Trinajstić information content (AvgIpc) is 3.97. The minimum absolute atomic E-state index is 0.0654. The third-order valence-corrected chi connectivity index (χ3v) is 12.8. The van der Waals surface area contributed by atoms with E-state index in [4.69, 9.17) is 9.47 Å². The zero-order chi connectivity index (χ0) is 41.2. The predicted molar refractivity (Wildman–Crippen MR) is 247 cm³/mol. The summed E-state index contributed by atoms with van der Waals surface area (Å²) in [5.74, 6) is 2.04. The summed E-state index contributed by atoms with van der Waals surface area (Å²) in [5.41, 5.74) is 11.1. The molecule has 300 valence electrons. The number of para-hydroxylation sites is 5. The van der Waals surface area contributed by atoms with E-state index in [9.17, 15) is 10.2 Å². The van der Waals surface area contributed by atoms with Gasteiger partial charge in [0.05, 0.1) is 28.5 Å². The Morgan fingerprint density at radius 3 is 1.66 bits per heavy atom. The number of phenols is 2. The number of rotatable bonds is 8. The Hall–Kier alpha value is -7.18. The van der Waals surface area contributed by atoms with Crippen LogP contribution in [-0.4, -0.2) is 33.0 Å². The smallest absolute Gasteiger partial charge is 0.147 e. The number of aryl methyl sites for hydroxylation is 2. The highest BCUT2D eigenvalue weighted by atomic mass is 16.5. The molecule has 1 aromatic heterocycles. The van der Waals surface area contributed by atoms with E-state index in [1.807, 2.05) is 66.7 Å². The fraction of sp³-hybridized carbons (Fsp3) is 0.164. The molecule has 11 rings (SSSR count). The maximum Gasteiger partial charge on any atom is 0.147 e. The molecular formula is C55H46N2O4. The van der Waals surface area contributed by atoms with Crippen LogP contribution in [-0.2, 0) is 0 Å². The summed E-state index contributed by atoms with van der Waals surface area (Å²) in [6, 6.07) is 49.5. The van der Waals surface area contributed by atoms with Crippen LogP contribution in [0.4, 0.5) is 11.4 Å². The van der Waals surface area contributed by atoms with Crippen LogP contribution in [0.25, 0.3) is 49.7 Å². The topological polar surface area (TPSA) is 67.1 Å². The molecule has 1 fully saturated rings. The molecule has 2 aliphatic carbocycles. The van der Waals surface area contributed by atoms with Crippen LogP contribution in [0.5, 0.6) is 23.0 Å². The molecule has 61 heavy (non-hydrogen) atoms. The summed E-state index contributed by atoms with van der Waals surface area (Å²) in [7, 11) is 0. The number of hydrogen-bond acceptors (Lipinski definition) is 5. The van der Waals surface area contributed by atoms with Gasteiger partial charge in [-0.05, 0) is 104 Å². The van der Waals surface area contributed by atoms with E-state index in [-0.39, 0.29) is 35.7 Å². The third-order valence-electron chi connectivity index (χ3n) is 12.8. The molecule has 0 amide bonds. The number of hydrogen-bond donors (Lipinski definition) is 2. The zero-order valence-corrected chi connectivity index (χ0v) is 34.2. The quantitative estimate of drug-likeness (QED) is 0.160. The fourth-order valence-corrected chi connectivity index (χ4v) is 10.1. The molecular weight excluding hydrogens is 753 g/mol. The Kier molecular flexibility index (Phi) is 8.96. The average molecular weight is 799 g/mol. The van der Waals surface area contributed by atoms with E-state index >= 15 is 0 Å². The van der Waals surface area contributed by atoms with Gasteiger partial charge in [-0.15, -0.1) is 0 Å². The van der Waals surface area contributed by atoms with Gasteiger partial charge in [-0.1, -0.05) is 115 Å². The number of aromatic hydroxyl groups is 2. The first-order chi connectivity index (χ1) is 29.9. The van der Waals surface area contributed by atoms with Gasteiger partial charge in [0.1, 0.15) is 35.2 Å². The second kappa shape index (κ2) is 14.8. The van der Waals surface area contributed by atoms with Crippen LogP contribution in [0.3, 0.4) is 0 Å². The lowest BCUT2D eigenvalue weighted by atomic mass is 9.91. The SMILES string of the molecule is Cc1cc(-c2ccccc2O[C@H]2CCC[C@@H]2Oc2ccccc2-c2cc(C)cc(-n3c4ccccc4c4ccccc43)c2O)c(O)c(N2c3ccccc3[C@H]3C=CC=CC32)c1. The largest absolute Gasteiger partial charge is 0.505 e. The van der Waals surface area contributed by atoms with Crippen molar-refractivity contribution in [2.75, 3.05) is 4.90 Å². The highest BCUT2D eigenvalue weighted by Gasteiger charge is 2.39. The molecule has 6 nitrogen and oxygen atoms in total. The third kappa shape index (κ3) is 6.16. The minimum Gasteiger partial charge on any atom is -0.505 e. The van der Waals surface area contributed by atoms with Gasteiger partial charge >= 0.3 is 0 Å². The number of fused-ring (bicyclic) bond motifs is 6. The Bertz CT molecular complexity index is 3010. The van der Waals surface area contributed by atoms with Gasteiger partial charge < -0.3 is 29.2 Å². The number of ether oxygens (including phenoxy) is 2. The van der Waals surface area contributed by atoms with Gasteiger partial charge in [-0.25, -0.2) is 0 Å². The fourth-order valence-electron chi connectivity index (χ4n) is 10.1. The van der Waals surface area contributed by atoms with Crippen LogP contribution in [0.2, 0.25) is 0 Å². The molecule has 0 saturated heterocycles. The van der Waals surface area contributed by atoms with Crippen molar-refractivity contribution in [3.8, 4) is 50.9 Å². The molecule has 3 aliphatic rings. The molecule has 0 bridgehead atoms. The summed E-state index contributed by atoms with van der Waals surface area (Å²) >= 11 is 0. The van der Waals surface area contributed by atoms with E-state index < -0.39 is 0 Å². The highest BCUT2D eigenvalue weighted by Crippen LogP contribution is 2.53. The van der Waals surface area contributed by atoms with Gasteiger partial charge in [0.15, 0.2) is 0 Å². The number of anilines is 2. The van der Waals surface area contributed by atoms with E-state index in [1.165, 1.54) is 5.56 Å². The van der Waals surface area contributed by atoms with E-state index in [1.54, 1.807) is 0 Å². The lowest BCUT2D eigenvalue weighted by molar-refractivity contribution is 0.0787. The van der Waals surface area contributed by atoms with E-state index in [2.05, 4.69) is 126 Å². The Morgan fingerprint density at radius 1 is 0.508 bits per heavy atom. The minimum atomic E-state index is -0.233. The Balaban J connectivity index is 0.921. The first kappa shape index (κ1) is 36.9. The van der Waals surface area contributed by atoms with Gasteiger partial charge in [0.2, 0.25) is 0 Å². The monoisotopic (exact) mass is 798 g/mol. The number of phenolic OH excluding ortho intramolecular Hbond substituents is 2. The van der Waals surface area contributed by atoms with Crippen molar-refractivity contribution in [2.24, 2.45) is 0 Å². The second-order valence-electron chi connectivity index (χ2n) is 16.7. The van der Waals surface area contributed by atoms with Gasteiger partial charge in [0, 0.05) is 44.6 Å². The number of benzene rings is 7. The summed E-state index contributed by atoms with van der Waals surface area (Å²) in [4.78, 5) is 2.28. The van der Waals surface area contributed by atoms with Gasteiger partial charge in [-0.3, -0.25) is 0 Å². The molecule has 0 radical (unpaired) electrons. The van der Waals surface area contributed by atoms with E-state index in [0.29, 0.717) is 17.1 Å². The summed E-state index contributed by atoms with van der Waals surface area (Å²) in [6.45, 7) is 4.16. The predicted octanol–water partition coefficient (Wildman–Crippen LogP) is 13.3. The standard InChI is InChI=1S/C55H46N2O4/c1-34-30-42(54(58)48(32-34)56-44-22-9-3-16-36(44)37-17-4-10-23-45(37)56)40-20-7-13-26-50(40)60-52-28-15-29-53(52)61-51-27-14-8-21-41(51)43-31-35(2)33-49(55(43)59)57-46-24-11-5-18-38(46)39-19-6-12-25-47(39)57/h3-14,16-27,30-33,36,44,52-53,58-59H,15,28-29H2,1-2H3/t36-,44?,52+,53+/m1/s1.